The second-order valence-corrected chi connectivity index (χ2v) is 4.70. The molecule has 18 heavy (non-hydrogen) atoms. The molecule has 0 aromatic heterocycles. The third-order valence-corrected chi connectivity index (χ3v) is 3.29. The number of aliphatic hydroxyl groups excluding tert-OH is 1. The van der Waals surface area contributed by atoms with Gasteiger partial charge in [0.15, 0.2) is 11.5 Å². The molecule has 0 amide bonds. The quantitative estimate of drug-likeness (QED) is 0.866. The molecular formula is C12H13F2NO3. The maximum Gasteiger partial charge on any atom is 0.586 e. The molecule has 6 heteroatoms. The molecule has 1 saturated carbocycles. The number of fused-ring (bicyclic) bond motifs is 1. The Labute approximate surface area is 102 Å². The van der Waals surface area contributed by atoms with Crippen LogP contribution < -0.4 is 15.2 Å². The van der Waals surface area contributed by atoms with Crippen molar-refractivity contribution in [3.8, 4) is 11.5 Å². The fraction of sp³-hybridized carbons (Fsp3) is 0.500. The van der Waals surface area contributed by atoms with Gasteiger partial charge in [0.2, 0.25) is 0 Å². The van der Waals surface area contributed by atoms with Crippen molar-refractivity contribution in [2.45, 2.75) is 31.3 Å². The second kappa shape index (κ2) is 3.80. The number of hydrogen-bond donors (Lipinski definition) is 2. The van der Waals surface area contributed by atoms with Gasteiger partial charge < -0.3 is 20.3 Å². The molecule has 4 nitrogen and oxygen atoms in total. The predicted octanol–water partition coefficient (Wildman–Crippen LogP) is 1.78. The minimum atomic E-state index is -3.66. The summed E-state index contributed by atoms with van der Waals surface area (Å²) in [6, 6.07) is 3.76. The van der Waals surface area contributed by atoms with Gasteiger partial charge >= 0.3 is 6.29 Å². The van der Waals surface area contributed by atoms with Crippen molar-refractivity contribution in [3.05, 3.63) is 23.8 Å². The van der Waals surface area contributed by atoms with Crippen molar-refractivity contribution in [1.82, 2.24) is 0 Å². The van der Waals surface area contributed by atoms with E-state index in [9.17, 15) is 13.9 Å². The number of aliphatic hydroxyl groups is 1. The lowest BCUT2D eigenvalue weighted by Crippen LogP contribution is -2.29. The fourth-order valence-corrected chi connectivity index (χ4v) is 2.17. The summed E-state index contributed by atoms with van der Waals surface area (Å²) in [5.41, 5.74) is 6.26. The Morgan fingerprint density at radius 2 is 2.06 bits per heavy atom. The van der Waals surface area contributed by atoms with Crippen molar-refractivity contribution < 1.29 is 23.4 Å². The van der Waals surface area contributed by atoms with E-state index < -0.39 is 18.4 Å². The Morgan fingerprint density at radius 3 is 2.72 bits per heavy atom. The minimum absolute atomic E-state index is 0.0454. The SMILES string of the molecule is N[C@H](c1cccc2c1OC(F)(F)O2)[C@@H](O)C1CC1. The zero-order valence-electron chi connectivity index (χ0n) is 9.48. The molecule has 0 unspecified atom stereocenters. The third kappa shape index (κ3) is 1.91. The third-order valence-electron chi connectivity index (χ3n) is 3.29. The fourth-order valence-electron chi connectivity index (χ4n) is 2.17. The summed E-state index contributed by atoms with van der Waals surface area (Å²) in [6.07, 6.45) is -2.58. The molecule has 0 spiro atoms. The summed E-state index contributed by atoms with van der Waals surface area (Å²) >= 11 is 0. The highest BCUT2D eigenvalue weighted by Gasteiger charge is 2.46. The first-order chi connectivity index (χ1) is 8.48. The molecule has 1 aliphatic carbocycles. The molecule has 1 heterocycles. The number of para-hydroxylation sites is 1. The first-order valence-electron chi connectivity index (χ1n) is 5.80. The summed E-state index contributed by atoms with van der Waals surface area (Å²) in [5, 5.41) is 9.96. The summed E-state index contributed by atoms with van der Waals surface area (Å²) < 4.78 is 34.8. The van der Waals surface area contributed by atoms with Gasteiger partial charge in [0.25, 0.3) is 0 Å². The molecule has 3 rings (SSSR count). The smallest absolute Gasteiger partial charge is 0.395 e. The van der Waals surface area contributed by atoms with Crippen LogP contribution in [0.1, 0.15) is 24.4 Å². The van der Waals surface area contributed by atoms with Gasteiger partial charge in [-0.15, -0.1) is 8.78 Å². The average Bonchev–Trinajstić information content (AvgIpc) is 3.08. The lowest BCUT2D eigenvalue weighted by atomic mass is 9.98. The van der Waals surface area contributed by atoms with Crippen molar-refractivity contribution in [2.75, 3.05) is 0 Å². The van der Waals surface area contributed by atoms with Crippen LogP contribution in [0, 0.1) is 5.92 Å². The van der Waals surface area contributed by atoms with E-state index in [1.807, 2.05) is 0 Å². The maximum absolute atomic E-state index is 13.0. The van der Waals surface area contributed by atoms with Crippen molar-refractivity contribution in [1.29, 1.82) is 0 Å². The topological polar surface area (TPSA) is 64.7 Å². The van der Waals surface area contributed by atoms with Crippen LogP contribution in [0.2, 0.25) is 0 Å². The zero-order valence-corrected chi connectivity index (χ0v) is 9.48. The predicted molar refractivity (Wildman–Crippen MR) is 58.3 cm³/mol. The summed E-state index contributed by atoms with van der Waals surface area (Å²) in [7, 11) is 0. The number of halogens is 2. The van der Waals surface area contributed by atoms with Gasteiger partial charge in [0.05, 0.1) is 12.1 Å². The van der Waals surface area contributed by atoms with Crippen LogP contribution in [0.25, 0.3) is 0 Å². The Kier molecular flexibility index (Phi) is 2.46. The number of benzene rings is 1. The van der Waals surface area contributed by atoms with E-state index in [0.29, 0.717) is 5.56 Å². The Bertz CT molecular complexity index is 476. The average molecular weight is 257 g/mol. The molecule has 98 valence electrons. The number of rotatable bonds is 3. The molecule has 0 saturated heterocycles. The number of hydrogen-bond acceptors (Lipinski definition) is 4. The van der Waals surface area contributed by atoms with E-state index in [1.54, 1.807) is 12.1 Å². The molecule has 1 aliphatic heterocycles. The Balaban J connectivity index is 1.92. The molecule has 1 aromatic rings. The summed E-state index contributed by atoms with van der Waals surface area (Å²) in [5.74, 6) is 0.0318. The van der Waals surface area contributed by atoms with Gasteiger partial charge in [-0.3, -0.25) is 0 Å². The highest BCUT2D eigenvalue weighted by atomic mass is 19.3. The molecule has 2 aliphatic rings. The summed E-state index contributed by atoms with van der Waals surface area (Å²) in [6.45, 7) is 0. The number of alkyl halides is 2. The van der Waals surface area contributed by atoms with Crippen LogP contribution in [0.4, 0.5) is 8.78 Å². The lowest BCUT2D eigenvalue weighted by Gasteiger charge is -2.19. The van der Waals surface area contributed by atoms with Gasteiger partial charge in [-0.2, -0.15) is 0 Å². The van der Waals surface area contributed by atoms with E-state index in [-0.39, 0.29) is 17.4 Å². The second-order valence-electron chi connectivity index (χ2n) is 4.70. The standard InChI is InChI=1S/C12H13F2NO3/c13-12(14)17-8-3-1-2-7(11(8)18-12)9(15)10(16)6-4-5-6/h1-3,6,9-10,16H,4-5,15H2/t9-,10+/m1/s1. The van der Waals surface area contributed by atoms with Crippen LogP contribution in [0.3, 0.4) is 0 Å². The van der Waals surface area contributed by atoms with E-state index in [2.05, 4.69) is 9.47 Å². The molecule has 2 atom stereocenters. The Morgan fingerprint density at radius 1 is 1.33 bits per heavy atom. The van der Waals surface area contributed by atoms with E-state index >= 15 is 0 Å². The van der Waals surface area contributed by atoms with Crippen LogP contribution in [0.15, 0.2) is 18.2 Å². The van der Waals surface area contributed by atoms with Gasteiger partial charge in [-0.1, -0.05) is 12.1 Å². The zero-order chi connectivity index (χ0) is 12.9. The normalized spacial score (nSPS) is 23.8. The van der Waals surface area contributed by atoms with Gasteiger partial charge in [-0.05, 0) is 24.8 Å². The van der Waals surface area contributed by atoms with E-state index in [0.717, 1.165) is 12.8 Å². The van der Waals surface area contributed by atoms with Gasteiger partial charge in [0.1, 0.15) is 0 Å². The number of ether oxygens (including phenoxy) is 2. The van der Waals surface area contributed by atoms with Crippen LogP contribution in [0.5, 0.6) is 11.5 Å². The Hall–Kier alpha value is -1.40. The molecular weight excluding hydrogens is 244 g/mol. The minimum Gasteiger partial charge on any atom is -0.395 e. The molecule has 0 radical (unpaired) electrons. The van der Waals surface area contributed by atoms with E-state index in [4.69, 9.17) is 5.73 Å². The molecule has 1 fully saturated rings. The number of nitrogens with two attached hydrogens (primary N) is 1. The lowest BCUT2D eigenvalue weighted by molar-refractivity contribution is -0.287. The van der Waals surface area contributed by atoms with Crippen molar-refractivity contribution in [3.63, 3.8) is 0 Å². The van der Waals surface area contributed by atoms with Gasteiger partial charge in [0, 0.05) is 5.56 Å². The van der Waals surface area contributed by atoms with Gasteiger partial charge in [-0.25, -0.2) is 0 Å². The van der Waals surface area contributed by atoms with Crippen molar-refractivity contribution in [2.24, 2.45) is 11.7 Å². The first kappa shape index (κ1) is 11.7. The highest BCUT2D eigenvalue weighted by molar-refractivity contribution is 5.50. The largest absolute Gasteiger partial charge is 0.586 e. The molecule has 0 bridgehead atoms. The summed E-state index contributed by atoms with van der Waals surface area (Å²) in [4.78, 5) is 0. The van der Waals surface area contributed by atoms with Crippen LogP contribution in [-0.2, 0) is 0 Å². The van der Waals surface area contributed by atoms with E-state index in [1.165, 1.54) is 6.07 Å². The van der Waals surface area contributed by atoms with Crippen molar-refractivity contribution >= 4 is 0 Å². The van der Waals surface area contributed by atoms with Crippen LogP contribution >= 0.6 is 0 Å². The molecule has 1 aromatic carbocycles. The van der Waals surface area contributed by atoms with Crippen LogP contribution in [-0.4, -0.2) is 17.5 Å². The first-order valence-corrected chi connectivity index (χ1v) is 5.80. The maximum atomic E-state index is 13.0. The highest BCUT2D eigenvalue weighted by Crippen LogP contribution is 2.47. The monoisotopic (exact) mass is 257 g/mol. The molecule has 3 N–H and O–H groups in total.